The van der Waals surface area contributed by atoms with Crippen LogP contribution in [-0.2, 0) is 0 Å². The number of ketones is 1. The summed E-state index contributed by atoms with van der Waals surface area (Å²) in [5, 5.41) is 18.8. The Morgan fingerprint density at radius 1 is 1.27 bits per heavy atom. The molecule has 26 heavy (non-hydrogen) atoms. The van der Waals surface area contributed by atoms with E-state index in [-0.39, 0.29) is 12.4 Å². The molecule has 3 rings (SSSR count). The van der Waals surface area contributed by atoms with E-state index in [1.54, 1.807) is 24.3 Å². The van der Waals surface area contributed by atoms with E-state index >= 15 is 0 Å². The van der Waals surface area contributed by atoms with Gasteiger partial charge in [-0.25, -0.2) is 0 Å². The van der Waals surface area contributed by atoms with Crippen molar-refractivity contribution in [2.24, 2.45) is 0 Å². The second-order valence-electron chi connectivity index (χ2n) is 6.60. The van der Waals surface area contributed by atoms with Gasteiger partial charge in [0.05, 0.1) is 6.10 Å². The third-order valence-corrected chi connectivity index (χ3v) is 5.44. The van der Waals surface area contributed by atoms with Gasteiger partial charge in [0.25, 0.3) is 5.22 Å². The number of ether oxygens (including phenoxy) is 1. The van der Waals surface area contributed by atoms with Gasteiger partial charge in [-0.2, -0.15) is 0 Å². The lowest BCUT2D eigenvalue weighted by molar-refractivity contribution is 0.101. The average Bonchev–Trinajstić information content (AvgIpc) is 3.15. The Hall–Kier alpha value is -1.86. The van der Waals surface area contributed by atoms with Gasteiger partial charge in [-0.15, -0.1) is 10.2 Å². The van der Waals surface area contributed by atoms with Gasteiger partial charge < -0.3 is 14.3 Å². The van der Waals surface area contributed by atoms with E-state index in [4.69, 9.17) is 9.15 Å². The normalized spacial score (nSPS) is 16.4. The Balaban J connectivity index is 1.41. The number of benzene rings is 1. The Bertz CT molecular complexity index is 711. The molecule has 0 bridgehead atoms. The number of Topliss-reactive ketones (excluding diaryl/α,β-unsaturated/α-hetero) is 1. The van der Waals surface area contributed by atoms with Gasteiger partial charge in [0.2, 0.25) is 5.89 Å². The smallest absolute Gasteiger partial charge is 0.276 e. The molecular formula is C19H24N2O4S. The maximum atomic E-state index is 11.2. The van der Waals surface area contributed by atoms with E-state index in [2.05, 4.69) is 10.2 Å². The molecule has 1 heterocycles. The van der Waals surface area contributed by atoms with Gasteiger partial charge in [-0.05, 0) is 44.0 Å². The van der Waals surface area contributed by atoms with Crippen LogP contribution in [-0.4, -0.2) is 39.6 Å². The zero-order chi connectivity index (χ0) is 18.4. The zero-order valence-electron chi connectivity index (χ0n) is 14.9. The molecule has 7 heteroatoms. The molecule has 1 aromatic heterocycles. The van der Waals surface area contributed by atoms with Crippen LogP contribution in [0.15, 0.2) is 33.9 Å². The number of aliphatic hydroxyl groups is 1. The van der Waals surface area contributed by atoms with Gasteiger partial charge in [0.15, 0.2) is 5.78 Å². The first-order valence-corrected chi connectivity index (χ1v) is 9.98. The SMILES string of the molecule is CC(=O)c1ccc(OCC(O)CSc2nnc(C3CCCCC3)o2)cc1. The molecule has 1 aromatic carbocycles. The summed E-state index contributed by atoms with van der Waals surface area (Å²) >= 11 is 1.34. The van der Waals surface area contributed by atoms with Crippen molar-refractivity contribution in [1.82, 2.24) is 10.2 Å². The first-order valence-electron chi connectivity index (χ1n) is 9.00. The van der Waals surface area contributed by atoms with Gasteiger partial charge in [0.1, 0.15) is 12.4 Å². The van der Waals surface area contributed by atoms with E-state index in [0.29, 0.717) is 28.2 Å². The molecule has 1 N–H and O–H groups in total. The predicted molar refractivity (Wildman–Crippen MR) is 98.8 cm³/mol. The number of aliphatic hydroxyl groups excluding tert-OH is 1. The lowest BCUT2D eigenvalue weighted by Gasteiger charge is -2.17. The zero-order valence-corrected chi connectivity index (χ0v) is 15.7. The number of carbonyl (C=O) groups excluding carboxylic acids is 1. The van der Waals surface area contributed by atoms with Gasteiger partial charge in [0, 0.05) is 17.2 Å². The summed E-state index contributed by atoms with van der Waals surface area (Å²) in [7, 11) is 0. The van der Waals surface area contributed by atoms with Gasteiger partial charge in [-0.3, -0.25) is 4.79 Å². The first kappa shape index (κ1) is 18.9. The van der Waals surface area contributed by atoms with Gasteiger partial charge in [-0.1, -0.05) is 31.0 Å². The Morgan fingerprint density at radius 3 is 2.69 bits per heavy atom. The van der Waals surface area contributed by atoms with Crippen molar-refractivity contribution in [3.8, 4) is 5.75 Å². The standard InChI is InChI=1S/C19H24N2O4S/c1-13(22)14-7-9-17(10-8-14)24-11-16(23)12-26-19-21-20-18(25-19)15-5-3-2-4-6-15/h7-10,15-16,23H,2-6,11-12H2,1H3. The third-order valence-electron chi connectivity index (χ3n) is 4.48. The van der Waals surface area contributed by atoms with Crippen LogP contribution in [0.3, 0.4) is 0 Å². The van der Waals surface area contributed by atoms with Crippen molar-refractivity contribution >= 4 is 17.5 Å². The molecule has 140 valence electrons. The van der Waals surface area contributed by atoms with Crippen molar-refractivity contribution in [1.29, 1.82) is 0 Å². The topological polar surface area (TPSA) is 85.5 Å². The van der Waals surface area contributed by atoms with Crippen LogP contribution in [0.5, 0.6) is 5.75 Å². The number of carbonyl (C=O) groups is 1. The maximum absolute atomic E-state index is 11.2. The van der Waals surface area contributed by atoms with Crippen molar-refractivity contribution in [2.75, 3.05) is 12.4 Å². The summed E-state index contributed by atoms with van der Waals surface area (Å²) in [6.45, 7) is 1.68. The number of rotatable bonds is 8. The molecule has 2 aromatic rings. The molecule has 0 amide bonds. The largest absolute Gasteiger partial charge is 0.491 e. The molecule has 1 atom stereocenters. The maximum Gasteiger partial charge on any atom is 0.276 e. The second-order valence-corrected chi connectivity index (χ2v) is 7.57. The van der Waals surface area contributed by atoms with E-state index in [0.717, 1.165) is 18.7 Å². The number of aromatic nitrogens is 2. The predicted octanol–water partition coefficient (Wildman–Crippen LogP) is 3.85. The van der Waals surface area contributed by atoms with Crippen LogP contribution >= 0.6 is 11.8 Å². The molecule has 1 unspecified atom stereocenters. The van der Waals surface area contributed by atoms with Crippen LogP contribution in [0, 0.1) is 0 Å². The number of thioether (sulfide) groups is 1. The van der Waals surface area contributed by atoms with Crippen LogP contribution < -0.4 is 4.74 Å². The third kappa shape index (κ3) is 5.32. The van der Waals surface area contributed by atoms with Crippen LogP contribution in [0.1, 0.15) is 61.2 Å². The first-order chi connectivity index (χ1) is 12.6. The Morgan fingerprint density at radius 2 is 2.00 bits per heavy atom. The highest BCUT2D eigenvalue weighted by Gasteiger charge is 2.21. The average molecular weight is 376 g/mol. The lowest BCUT2D eigenvalue weighted by Crippen LogP contribution is -2.20. The van der Waals surface area contributed by atoms with Crippen LogP contribution in [0.25, 0.3) is 0 Å². The van der Waals surface area contributed by atoms with Crippen LogP contribution in [0.4, 0.5) is 0 Å². The lowest BCUT2D eigenvalue weighted by atomic mass is 9.89. The van der Waals surface area contributed by atoms with Crippen molar-refractivity contribution in [3.05, 3.63) is 35.7 Å². The Kier molecular flexibility index (Phi) is 6.68. The summed E-state index contributed by atoms with van der Waals surface area (Å²) in [5.74, 6) is 2.16. The van der Waals surface area contributed by atoms with E-state index < -0.39 is 6.10 Å². The number of nitrogens with zero attached hydrogens (tertiary/aromatic N) is 2. The second kappa shape index (κ2) is 9.19. The Labute approximate surface area is 157 Å². The number of hydrogen-bond donors (Lipinski definition) is 1. The summed E-state index contributed by atoms with van der Waals surface area (Å²) in [6, 6.07) is 6.88. The summed E-state index contributed by atoms with van der Waals surface area (Å²) < 4.78 is 11.3. The quantitative estimate of drug-likeness (QED) is 0.553. The molecule has 1 fully saturated rings. The van der Waals surface area contributed by atoms with Crippen molar-refractivity contribution in [3.63, 3.8) is 0 Å². The monoisotopic (exact) mass is 376 g/mol. The van der Waals surface area contributed by atoms with E-state index in [1.165, 1.54) is 37.9 Å². The van der Waals surface area contributed by atoms with Crippen molar-refractivity contribution < 1.29 is 19.1 Å². The number of hydrogen-bond acceptors (Lipinski definition) is 7. The minimum atomic E-state index is -0.655. The molecule has 0 saturated heterocycles. The van der Waals surface area contributed by atoms with E-state index in [1.807, 2.05) is 0 Å². The molecule has 1 aliphatic rings. The fraction of sp³-hybridized carbons (Fsp3) is 0.526. The molecule has 6 nitrogen and oxygen atoms in total. The fourth-order valence-electron chi connectivity index (χ4n) is 2.99. The van der Waals surface area contributed by atoms with Crippen molar-refractivity contribution in [2.45, 2.75) is 56.3 Å². The summed E-state index contributed by atoms with van der Waals surface area (Å²) in [4.78, 5) is 11.2. The summed E-state index contributed by atoms with van der Waals surface area (Å²) in [5.41, 5.74) is 0.638. The molecule has 0 radical (unpaired) electrons. The highest BCUT2D eigenvalue weighted by Crippen LogP contribution is 2.33. The van der Waals surface area contributed by atoms with E-state index in [9.17, 15) is 9.90 Å². The fourth-order valence-corrected chi connectivity index (χ4v) is 3.66. The summed E-state index contributed by atoms with van der Waals surface area (Å²) in [6.07, 6.45) is 5.31. The van der Waals surface area contributed by atoms with Crippen LogP contribution in [0.2, 0.25) is 0 Å². The highest BCUT2D eigenvalue weighted by atomic mass is 32.2. The molecule has 0 spiro atoms. The highest BCUT2D eigenvalue weighted by molar-refractivity contribution is 7.99. The molecule has 1 saturated carbocycles. The minimum absolute atomic E-state index is 0.0140. The molecule has 0 aliphatic heterocycles. The molecular weight excluding hydrogens is 352 g/mol. The molecule has 1 aliphatic carbocycles. The van der Waals surface area contributed by atoms with Gasteiger partial charge >= 0.3 is 0 Å². The minimum Gasteiger partial charge on any atom is -0.491 e.